The molecule has 1 aliphatic heterocycles. The second-order valence-corrected chi connectivity index (χ2v) is 5.96. The van der Waals surface area contributed by atoms with Crippen molar-refractivity contribution >= 4 is 17.0 Å². The van der Waals surface area contributed by atoms with Crippen molar-refractivity contribution in [2.45, 2.75) is 33.2 Å². The first kappa shape index (κ1) is 13.9. The highest BCUT2D eigenvalue weighted by Crippen LogP contribution is 2.20. The zero-order chi connectivity index (χ0) is 14.8. The minimum Gasteiger partial charge on any atom is -0.356 e. The average molecular weight is 287 g/mol. The van der Waals surface area contributed by atoms with Crippen molar-refractivity contribution < 1.29 is 9.32 Å². The van der Waals surface area contributed by atoms with Crippen LogP contribution in [-0.2, 0) is 6.54 Å². The van der Waals surface area contributed by atoms with Crippen LogP contribution < -0.4 is 5.32 Å². The summed E-state index contributed by atoms with van der Waals surface area (Å²) in [7, 11) is 0. The van der Waals surface area contributed by atoms with Gasteiger partial charge in [-0.05, 0) is 37.8 Å². The highest BCUT2D eigenvalue weighted by atomic mass is 16.5. The first-order chi connectivity index (χ1) is 10.1. The van der Waals surface area contributed by atoms with Crippen molar-refractivity contribution in [3.05, 3.63) is 29.5 Å². The van der Waals surface area contributed by atoms with Gasteiger partial charge < -0.3 is 14.7 Å². The molecule has 0 saturated carbocycles. The number of likely N-dealkylation sites (tertiary alicyclic amines) is 1. The van der Waals surface area contributed by atoms with E-state index in [-0.39, 0.29) is 6.03 Å². The number of urea groups is 1. The third-order valence-corrected chi connectivity index (χ3v) is 4.18. The van der Waals surface area contributed by atoms with Crippen molar-refractivity contribution in [1.29, 1.82) is 0 Å². The Kier molecular flexibility index (Phi) is 3.82. The smallest absolute Gasteiger partial charge is 0.317 e. The van der Waals surface area contributed by atoms with Crippen LogP contribution in [0.25, 0.3) is 11.0 Å². The molecule has 1 saturated heterocycles. The molecular formula is C16H21N3O2. The van der Waals surface area contributed by atoms with E-state index in [2.05, 4.69) is 17.4 Å². The van der Waals surface area contributed by atoms with Gasteiger partial charge in [0.1, 0.15) is 5.69 Å². The average Bonchev–Trinajstić information content (AvgIpc) is 2.88. The van der Waals surface area contributed by atoms with Crippen molar-refractivity contribution in [2.75, 3.05) is 13.1 Å². The normalized spacial score (nSPS) is 16.4. The summed E-state index contributed by atoms with van der Waals surface area (Å²) in [5.74, 6) is 0.719. The van der Waals surface area contributed by atoms with Crippen LogP contribution in [0.4, 0.5) is 4.79 Å². The van der Waals surface area contributed by atoms with Crippen LogP contribution in [0.3, 0.4) is 0 Å². The van der Waals surface area contributed by atoms with Gasteiger partial charge in [0.25, 0.3) is 0 Å². The zero-order valence-electron chi connectivity index (χ0n) is 12.6. The van der Waals surface area contributed by atoms with Crippen LogP contribution in [0.2, 0.25) is 0 Å². The van der Waals surface area contributed by atoms with Gasteiger partial charge in [-0.2, -0.15) is 0 Å². The van der Waals surface area contributed by atoms with Gasteiger partial charge in [0.2, 0.25) is 0 Å². The molecule has 2 amide bonds. The minimum absolute atomic E-state index is 0.00861. The molecule has 2 heterocycles. The number of aryl methyl sites for hydroxylation is 1. The number of carbonyl (C=O) groups is 1. The highest BCUT2D eigenvalue weighted by molar-refractivity contribution is 5.81. The summed E-state index contributed by atoms with van der Waals surface area (Å²) in [4.78, 5) is 14.0. The number of aromatic nitrogens is 1. The fraction of sp³-hybridized carbons (Fsp3) is 0.500. The lowest BCUT2D eigenvalue weighted by Gasteiger charge is -2.30. The van der Waals surface area contributed by atoms with Crippen LogP contribution in [0.15, 0.2) is 22.7 Å². The van der Waals surface area contributed by atoms with E-state index in [1.165, 1.54) is 0 Å². The van der Waals surface area contributed by atoms with E-state index in [0.717, 1.165) is 54.1 Å². The summed E-state index contributed by atoms with van der Waals surface area (Å²) in [6, 6.07) is 5.93. The Balaban J connectivity index is 1.63. The van der Waals surface area contributed by atoms with Crippen LogP contribution in [0.1, 0.15) is 31.0 Å². The molecule has 1 fully saturated rings. The lowest BCUT2D eigenvalue weighted by molar-refractivity contribution is 0.173. The molecule has 0 bridgehead atoms. The molecular weight excluding hydrogens is 266 g/mol. The summed E-state index contributed by atoms with van der Waals surface area (Å²) in [6.45, 7) is 6.35. The van der Waals surface area contributed by atoms with Gasteiger partial charge in [0.05, 0.1) is 6.54 Å². The maximum atomic E-state index is 12.2. The molecule has 0 aliphatic carbocycles. The fourth-order valence-corrected chi connectivity index (χ4v) is 2.71. The first-order valence-corrected chi connectivity index (χ1v) is 7.51. The zero-order valence-corrected chi connectivity index (χ0v) is 12.6. The van der Waals surface area contributed by atoms with Crippen LogP contribution in [0.5, 0.6) is 0 Å². The number of rotatable bonds is 2. The molecule has 5 heteroatoms. The summed E-state index contributed by atoms with van der Waals surface area (Å²) in [5, 5.41) is 7.98. The van der Waals surface area contributed by atoms with Gasteiger partial charge in [-0.25, -0.2) is 4.79 Å². The highest BCUT2D eigenvalue weighted by Gasteiger charge is 2.20. The van der Waals surface area contributed by atoms with E-state index in [1.54, 1.807) is 0 Å². The number of fused-ring (bicyclic) bond motifs is 1. The van der Waals surface area contributed by atoms with Crippen molar-refractivity contribution in [1.82, 2.24) is 15.4 Å². The molecule has 0 radical (unpaired) electrons. The third-order valence-electron chi connectivity index (χ3n) is 4.18. The molecule has 1 aromatic carbocycles. The van der Waals surface area contributed by atoms with Crippen LogP contribution in [-0.4, -0.2) is 29.2 Å². The Labute approximate surface area is 124 Å². The van der Waals surface area contributed by atoms with E-state index in [0.29, 0.717) is 6.54 Å². The summed E-state index contributed by atoms with van der Waals surface area (Å²) in [5.41, 5.74) is 2.70. The molecule has 1 aromatic heterocycles. The number of piperidine rings is 1. The largest absolute Gasteiger partial charge is 0.356 e. The van der Waals surface area contributed by atoms with E-state index in [4.69, 9.17) is 4.52 Å². The standard InChI is InChI=1S/C16H21N3O2/c1-11-5-7-19(8-6-11)16(20)17-10-14-13-9-12(2)3-4-15(13)21-18-14/h3-4,9,11H,5-8,10H2,1-2H3,(H,17,20). The van der Waals surface area contributed by atoms with Gasteiger partial charge in [0, 0.05) is 18.5 Å². The van der Waals surface area contributed by atoms with Gasteiger partial charge in [-0.15, -0.1) is 0 Å². The van der Waals surface area contributed by atoms with Crippen molar-refractivity contribution in [3.8, 4) is 0 Å². The van der Waals surface area contributed by atoms with Crippen molar-refractivity contribution in [2.24, 2.45) is 5.92 Å². The van der Waals surface area contributed by atoms with Crippen LogP contribution in [0, 0.1) is 12.8 Å². The summed E-state index contributed by atoms with van der Waals surface area (Å²) in [6.07, 6.45) is 2.17. The molecule has 0 unspecified atom stereocenters. The number of amides is 2. The van der Waals surface area contributed by atoms with E-state index in [1.807, 2.05) is 30.0 Å². The number of carbonyl (C=O) groups excluding carboxylic acids is 1. The topological polar surface area (TPSA) is 58.4 Å². The molecule has 1 N–H and O–H groups in total. The number of nitrogens with zero attached hydrogens (tertiary/aromatic N) is 2. The molecule has 0 spiro atoms. The minimum atomic E-state index is -0.00861. The Bertz CT molecular complexity index is 642. The molecule has 3 rings (SSSR count). The monoisotopic (exact) mass is 287 g/mol. The quantitative estimate of drug-likeness (QED) is 0.923. The van der Waals surface area contributed by atoms with E-state index in [9.17, 15) is 4.79 Å². The van der Waals surface area contributed by atoms with Gasteiger partial charge in [-0.1, -0.05) is 23.7 Å². The maximum absolute atomic E-state index is 12.2. The Morgan fingerprint density at radius 2 is 2.19 bits per heavy atom. The number of benzene rings is 1. The first-order valence-electron chi connectivity index (χ1n) is 7.51. The molecule has 21 heavy (non-hydrogen) atoms. The number of hydrogen-bond acceptors (Lipinski definition) is 3. The Morgan fingerprint density at radius 3 is 2.95 bits per heavy atom. The second-order valence-electron chi connectivity index (χ2n) is 5.96. The molecule has 5 nitrogen and oxygen atoms in total. The summed E-state index contributed by atoms with van der Waals surface area (Å²) >= 11 is 0. The molecule has 0 atom stereocenters. The fourth-order valence-electron chi connectivity index (χ4n) is 2.71. The maximum Gasteiger partial charge on any atom is 0.317 e. The third kappa shape index (κ3) is 3.01. The van der Waals surface area contributed by atoms with Gasteiger partial charge in [0.15, 0.2) is 5.58 Å². The molecule has 112 valence electrons. The Morgan fingerprint density at radius 1 is 1.43 bits per heavy atom. The number of hydrogen-bond donors (Lipinski definition) is 1. The van der Waals surface area contributed by atoms with Gasteiger partial charge >= 0.3 is 6.03 Å². The van der Waals surface area contributed by atoms with Crippen LogP contribution >= 0.6 is 0 Å². The lowest BCUT2D eigenvalue weighted by Crippen LogP contribution is -2.43. The lowest BCUT2D eigenvalue weighted by atomic mass is 10.00. The predicted octanol–water partition coefficient (Wildman–Crippen LogP) is 3.08. The predicted molar refractivity (Wildman–Crippen MR) is 81.0 cm³/mol. The number of nitrogens with one attached hydrogen (secondary N) is 1. The van der Waals surface area contributed by atoms with Gasteiger partial charge in [-0.3, -0.25) is 0 Å². The summed E-state index contributed by atoms with van der Waals surface area (Å²) < 4.78 is 5.28. The second kappa shape index (κ2) is 5.76. The SMILES string of the molecule is Cc1ccc2onc(CNC(=O)N3CCC(C)CC3)c2c1. The molecule has 1 aliphatic rings. The molecule has 2 aromatic rings. The van der Waals surface area contributed by atoms with Crippen molar-refractivity contribution in [3.63, 3.8) is 0 Å². The van der Waals surface area contributed by atoms with E-state index >= 15 is 0 Å². The Hall–Kier alpha value is -2.04. The van der Waals surface area contributed by atoms with E-state index < -0.39 is 0 Å².